The molecule has 0 saturated carbocycles. The van der Waals surface area contributed by atoms with Crippen molar-refractivity contribution in [2.45, 2.75) is 13.5 Å². The van der Waals surface area contributed by atoms with Crippen LogP contribution >= 0.6 is 11.3 Å². The minimum Gasteiger partial charge on any atom is -0.465 e. The van der Waals surface area contributed by atoms with Gasteiger partial charge in [0.05, 0.1) is 25.4 Å². The molecule has 0 aliphatic heterocycles. The first-order chi connectivity index (χ1) is 9.69. The number of fused-ring (bicyclic) bond motifs is 1. The first-order valence-corrected chi connectivity index (χ1v) is 6.94. The Kier molecular flexibility index (Phi) is 3.23. The van der Waals surface area contributed by atoms with Gasteiger partial charge in [-0.2, -0.15) is 0 Å². The Hall–Kier alpha value is -2.21. The smallest absolute Gasteiger partial charge is 0.348 e. The van der Waals surface area contributed by atoms with Crippen LogP contribution in [-0.4, -0.2) is 27.6 Å². The van der Waals surface area contributed by atoms with Crippen molar-refractivity contribution in [3.05, 3.63) is 46.2 Å². The summed E-state index contributed by atoms with van der Waals surface area (Å²) in [5.74, 6) is 0.638. The zero-order valence-corrected chi connectivity index (χ0v) is 12.0. The molecule has 0 aliphatic rings. The van der Waals surface area contributed by atoms with Crippen molar-refractivity contribution in [1.82, 2.24) is 14.5 Å². The number of hydrogen-bond donors (Lipinski definition) is 0. The number of aryl methyl sites for hydroxylation is 1. The summed E-state index contributed by atoms with van der Waals surface area (Å²) in [6.07, 6.45) is 3.52. The van der Waals surface area contributed by atoms with E-state index in [1.54, 1.807) is 18.5 Å². The van der Waals surface area contributed by atoms with Crippen LogP contribution in [0.4, 0.5) is 0 Å². The molecular formula is C14H13N3O2S. The van der Waals surface area contributed by atoms with E-state index in [2.05, 4.69) is 14.5 Å². The number of rotatable bonds is 3. The van der Waals surface area contributed by atoms with Gasteiger partial charge < -0.3 is 9.30 Å². The average Bonchev–Trinajstić information content (AvgIpc) is 3.04. The third-order valence-corrected chi connectivity index (χ3v) is 4.15. The Labute approximate surface area is 119 Å². The topological polar surface area (TPSA) is 57.0 Å². The monoisotopic (exact) mass is 287 g/mol. The summed E-state index contributed by atoms with van der Waals surface area (Å²) in [7, 11) is 1.39. The van der Waals surface area contributed by atoms with Gasteiger partial charge in [-0.3, -0.25) is 4.98 Å². The number of carbonyl (C=O) groups is 1. The van der Waals surface area contributed by atoms with Crippen LogP contribution in [0.25, 0.3) is 11.0 Å². The molecule has 0 amide bonds. The summed E-state index contributed by atoms with van der Waals surface area (Å²) in [5, 5.41) is 0. The fourth-order valence-corrected chi connectivity index (χ4v) is 3.05. The van der Waals surface area contributed by atoms with Crippen molar-refractivity contribution in [3.63, 3.8) is 0 Å². The van der Waals surface area contributed by atoms with Gasteiger partial charge in [0.1, 0.15) is 16.2 Å². The van der Waals surface area contributed by atoms with Crippen LogP contribution in [-0.2, 0) is 11.3 Å². The third kappa shape index (κ3) is 2.18. The molecule has 3 aromatic heterocycles. The lowest BCUT2D eigenvalue weighted by molar-refractivity contribution is 0.0606. The van der Waals surface area contributed by atoms with Crippen LogP contribution in [0.2, 0.25) is 0 Å². The number of hydrogen-bond acceptors (Lipinski definition) is 5. The Bertz CT molecular complexity index is 776. The summed E-state index contributed by atoms with van der Waals surface area (Å²) in [4.78, 5) is 21.7. The predicted molar refractivity (Wildman–Crippen MR) is 77.0 cm³/mol. The maximum Gasteiger partial charge on any atom is 0.348 e. The van der Waals surface area contributed by atoms with E-state index in [9.17, 15) is 4.79 Å². The van der Waals surface area contributed by atoms with Crippen molar-refractivity contribution >= 4 is 28.3 Å². The molecule has 0 saturated heterocycles. The molecule has 0 N–H and O–H groups in total. The number of carbonyl (C=O) groups excluding carboxylic acids is 1. The van der Waals surface area contributed by atoms with Crippen LogP contribution < -0.4 is 0 Å². The van der Waals surface area contributed by atoms with Crippen molar-refractivity contribution in [1.29, 1.82) is 0 Å². The van der Waals surface area contributed by atoms with Crippen molar-refractivity contribution in [3.8, 4) is 0 Å². The van der Waals surface area contributed by atoms with Gasteiger partial charge in [-0.15, -0.1) is 11.3 Å². The lowest BCUT2D eigenvalue weighted by Gasteiger charge is -2.04. The Morgan fingerprint density at radius 3 is 3.05 bits per heavy atom. The van der Waals surface area contributed by atoms with Crippen molar-refractivity contribution in [2.75, 3.05) is 7.11 Å². The summed E-state index contributed by atoms with van der Waals surface area (Å²) >= 11 is 1.44. The van der Waals surface area contributed by atoms with E-state index >= 15 is 0 Å². The molecule has 3 heterocycles. The fraction of sp³-hybridized carbons (Fsp3) is 0.214. The molecule has 0 aliphatic carbocycles. The molecule has 20 heavy (non-hydrogen) atoms. The quantitative estimate of drug-likeness (QED) is 0.695. The highest BCUT2D eigenvalue weighted by molar-refractivity contribution is 7.13. The number of nitrogens with zero attached hydrogens (tertiary/aromatic N) is 3. The van der Waals surface area contributed by atoms with Gasteiger partial charge in [0, 0.05) is 11.1 Å². The second-order valence-corrected chi connectivity index (χ2v) is 5.54. The van der Waals surface area contributed by atoms with Gasteiger partial charge in [-0.1, -0.05) is 0 Å². The summed E-state index contributed by atoms with van der Waals surface area (Å²) < 4.78 is 6.84. The van der Waals surface area contributed by atoms with E-state index in [1.807, 2.05) is 19.1 Å². The van der Waals surface area contributed by atoms with Crippen molar-refractivity contribution < 1.29 is 9.53 Å². The van der Waals surface area contributed by atoms with Gasteiger partial charge in [-0.05, 0) is 25.1 Å². The molecule has 3 rings (SSSR count). The van der Waals surface area contributed by atoms with E-state index in [0.717, 1.165) is 21.7 Å². The number of esters is 1. The Morgan fingerprint density at radius 2 is 2.25 bits per heavy atom. The van der Waals surface area contributed by atoms with Gasteiger partial charge in [0.2, 0.25) is 0 Å². The molecular weight excluding hydrogens is 274 g/mol. The van der Waals surface area contributed by atoms with E-state index in [-0.39, 0.29) is 5.97 Å². The maximum absolute atomic E-state index is 11.5. The fourth-order valence-electron chi connectivity index (χ4n) is 2.13. The minimum atomic E-state index is -0.294. The number of ether oxygens (including phenoxy) is 1. The molecule has 6 heteroatoms. The largest absolute Gasteiger partial charge is 0.465 e. The molecule has 0 bridgehead atoms. The SMILES string of the molecule is COC(=O)c1ccc(Cn2c(C)nc3cnccc32)s1. The lowest BCUT2D eigenvalue weighted by Crippen LogP contribution is -2.00. The number of aromatic nitrogens is 3. The van der Waals surface area contributed by atoms with Gasteiger partial charge in [-0.25, -0.2) is 9.78 Å². The average molecular weight is 287 g/mol. The van der Waals surface area contributed by atoms with E-state index in [0.29, 0.717) is 11.4 Å². The molecule has 0 fully saturated rings. The molecule has 3 aromatic rings. The second kappa shape index (κ2) is 5.05. The summed E-state index contributed by atoms with van der Waals surface area (Å²) in [5.41, 5.74) is 1.93. The first kappa shape index (κ1) is 12.8. The molecule has 0 radical (unpaired) electrons. The highest BCUT2D eigenvalue weighted by Gasteiger charge is 2.12. The van der Waals surface area contributed by atoms with E-state index in [4.69, 9.17) is 4.74 Å². The molecule has 102 valence electrons. The number of thiophene rings is 1. The molecule has 0 atom stereocenters. The maximum atomic E-state index is 11.5. The van der Waals surface area contributed by atoms with E-state index in [1.165, 1.54) is 18.4 Å². The molecule has 0 aromatic carbocycles. The zero-order chi connectivity index (χ0) is 14.1. The summed E-state index contributed by atoms with van der Waals surface area (Å²) in [6, 6.07) is 5.69. The zero-order valence-electron chi connectivity index (χ0n) is 11.2. The minimum absolute atomic E-state index is 0.294. The van der Waals surface area contributed by atoms with Gasteiger partial charge in [0.25, 0.3) is 0 Å². The van der Waals surface area contributed by atoms with Crippen molar-refractivity contribution in [2.24, 2.45) is 0 Å². The summed E-state index contributed by atoms with van der Waals surface area (Å²) in [6.45, 7) is 2.66. The highest BCUT2D eigenvalue weighted by Crippen LogP contribution is 2.22. The number of methoxy groups -OCH3 is 1. The number of pyridine rings is 1. The first-order valence-electron chi connectivity index (χ1n) is 6.13. The van der Waals surface area contributed by atoms with E-state index < -0.39 is 0 Å². The molecule has 0 unspecified atom stereocenters. The Morgan fingerprint density at radius 1 is 1.40 bits per heavy atom. The normalized spacial score (nSPS) is 10.9. The van der Waals surface area contributed by atoms with Crippen LogP contribution in [0.5, 0.6) is 0 Å². The van der Waals surface area contributed by atoms with Crippen LogP contribution in [0.1, 0.15) is 20.4 Å². The third-order valence-electron chi connectivity index (χ3n) is 3.10. The standard InChI is InChI=1S/C14H13N3O2S/c1-9-16-11-7-15-6-5-12(11)17(9)8-10-3-4-13(20-10)14(18)19-2/h3-7H,8H2,1-2H3. The van der Waals surface area contributed by atoms with Crippen LogP contribution in [0.3, 0.4) is 0 Å². The van der Waals surface area contributed by atoms with Crippen LogP contribution in [0, 0.1) is 6.92 Å². The van der Waals surface area contributed by atoms with Crippen LogP contribution in [0.15, 0.2) is 30.6 Å². The Balaban J connectivity index is 1.95. The number of imidazole rings is 1. The predicted octanol–water partition coefficient (Wildman–Crippen LogP) is 2.64. The van der Waals surface area contributed by atoms with Gasteiger partial charge >= 0.3 is 5.97 Å². The molecule has 5 nitrogen and oxygen atoms in total. The highest BCUT2D eigenvalue weighted by atomic mass is 32.1. The lowest BCUT2D eigenvalue weighted by atomic mass is 10.4. The van der Waals surface area contributed by atoms with Gasteiger partial charge in [0.15, 0.2) is 0 Å². The second-order valence-electron chi connectivity index (χ2n) is 4.37. The molecule has 0 spiro atoms.